The maximum absolute atomic E-state index is 12.9. The summed E-state index contributed by atoms with van der Waals surface area (Å²) in [5, 5.41) is 2.47. The zero-order valence-corrected chi connectivity index (χ0v) is 19.8. The lowest BCUT2D eigenvalue weighted by Gasteiger charge is -2.21. The second-order valence-corrected chi connectivity index (χ2v) is 9.32. The molecule has 2 heterocycles. The van der Waals surface area contributed by atoms with Crippen LogP contribution in [0.15, 0.2) is 63.0 Å². The smallest absolute Gasteiger partial charge is 0.338 e. The summed E-state index contributed by atoms with van der Waals surface area (Å²) in [6.45, 7) is 1.07. The van der Waals surface area contributed by atoms with E-state index in [1.165, 1.54) is 30.9 Å². The van der Waals surface area contributed by atoms with Crippen molar-refractivity contribution < 1.29 is 19.1 Å². The van der Waals surface area contributed by atoms with Gasteiger partial charge < -0.3 is 15.8 Å². The fourth-order valence-electron chi connectivity index (χ4n) is 3.59. The molecule has 11 heteroatoms. The first-order valence-electron chi connectivity index (χ1n) is 10.6. The first kappa shape index (κ1) is 24.0. The lowest BCUT2D eigenvalue weighted by Crippen LogP contribution is -2.43. The van der Waals surface area contributed by atoms with Gasteiger partial charge >= 0.3 is 11.7 Å². The van der Waals surface area contributed by atoms with E-state index in [-0.39, 0.29) is 29.1 Å². The predicted octanol–water partition coefficient (Wildman–Crippen LogP) is 1.65. The number of ketones is 1. The maximum atomic E-state index is 12.9. The van der Waals surface area contributed by atoms with Crippen LogP contribution in [0.2, 0.25) is 0 Å². The van der Waals surface area contributed by atoms with Crippen molar-refractivity contribution >= 4 is 40.9 Å². The van der Waals surface area contributed by atoms with E-state index in [0.717, 1.165) is 19.6 Å². The highest BCUT2D eigenvalue weighted by Gasteiger charge is 2.25. The van der Waals surface area contributed by atoms with Crippen LogP contribution in [-0.4, -0.2) is 38.7 Å². The van der Waals surface area contributed by atoms with Crippen LogP contribution >= 0.6 is 11.8 Å². The Morgan fingerprint density at radius 3 is 2.54 bits per heavy atom. The second kappa shape index (κ2) is 9.63. The fourth-order valence-corrected chi connectivity index (χ4v) is 4.52. The lowest BCUT2D eigenvalue weighted by atomic mass is 10.1. The third-order valence-electron chi connectivity index (χ3n) is 5.53. The summed E-state index contributed by atoms with van der Waals surface area (Å²) in [7, 11) is 1.24. The van der Waals surface area contributed by atoms with E-state index in [1.54, 1.807) is 37.3 Å². The van der Waals surface area contributed by atoms with Crippen LogP contribution < -0.4 is 22.3 Å². The summed E-state index contributed by atoms with van der Waals surface area (Å²) >= 11 is 1.37. The van der Waals surface area contributed by atoms with Gasteiger partial charge in [0.15, 0.2) is 6.61 Å². The summed E-state index contributed by atoms with van der Waals surface area (Å²) in [5.41, 5.74) is 5.44. The van der Waals surface area contributed by atoms with Crippen LogP contribution in [0.3, 0.4) is 0 Å². The van der Waals surface area contributed by atoms with E-state index in [0.29, 0.717) is 5.69 Å². The SMILES string of the molecule is CC1Sc2ccc(C(=O)OCC(=O)c3c(N)n(Cc4ccccc4)c(=O)n(C)c3=O)cc2NC1=O. The van der Waals surface area contributed by atoms with Crippen LogP contribution in [0.25, 0.3) is 0 Å². The number of carbonyl (C=O) groups is 3. The minimum Gasteiger partial charge on any atom is -0.454 e. The Kier molecular flexibility index (Phi) is 6.61. The first-order chi connectivity index (χ1) is 16.7. The standard InChI is InChI=1S/C24H22N4O6S/c1-13-21(30)26-16-10-15(8-9-18(16)35-13)23(32)34-12-17(29)19-20(25)28(24(33)27(2)22(19)31)11-14-6-4-3-5-7-14/h3-10,13H,11-12,25H2,1-2H3,(H,26,30). The Labute approximate surface area is 203 Å². The molecular formula is C24H22N4O6S. The number of nitrogens with one attached hydrogen (secondary N) is 1. The number of ether oxygens (including phenoxy) is 1. The van der Waals surface area contributed by atoms with Gasteiger partial charge in [-0.3, -0.25) is 23.5 Å². The molecule has 180 valence electrons. The number of fused-ring (bicyclic) bond motifs is 1. The van der Waals surface area contributed by atoms with E-state index in [9.17, 15) is 24.0 Å². The molecule has 2 aromatic carbocycles. The Morgan fingerprint density at radius 2 is 1.83 bits per heavy atom. The number of benzene rings is 2. The summed E-state index contributed by atoms with van der Waals surface area (Å²) in [5.74, 6) is -2.13. The molecule has 0 fully saturated rings. The van der Waals surface area contributed by atoms with E-state index in [1.807, 2.05) is 6.07 Å². The van der Waals surface area contributed by atoms with Gasteiger partial charge in [-0.1, -0.05) is 30.3 Å². The number of hydrogen-bond donors (Lipinski definition) is 2. The van der Waals surface area contributed by atoms with Gasteiger partial charge in [-0.25, -0.2) is 9.59 Å². The molecular weight excluding hydrogens is 472 g/mol. The number of thioether (sulfide) groups is 1. The van der Waals surface area contributed by atoms with Gasteiger partial charge in [0.05, 0.1) is 23.0 Å². The number of esters is 1. The van der Waals surface area contributed by atoms with Crippen molar-refractivity contribution in [1.29, 1.82) is 0 Å². The second-order valence-electron chi connectivity index (χ2n) is 7.94. The molecule has 1 aromatic heterocycles. The zero-order valence-electron chi connectivity index (χ0n) is 18.9. The van der Waals surface area contributed by atoms with Gasteiger partial charge in [-0.15, -0.1) is 11.8 Å². The molecule has 0 radical (unpaired) electrons. The van der Waals surface area contributed by atoms with Crippen molar-refractivity contribution in [3.05, 3.63) is 86.1 Å². The van der Waals surface area contributed by atoms with Crippen LogP contribution in [-0.2, 0) is 23.1 Å². The van der Waals surface area contributed by atoms with Crippen molar-refractivity contribution in [2.45, 2.75) is 23.6 Å². The van der Waals surface area contributed by atoms with Crippen LogP contribution in [0.5, 0.6) is 0 Å². The minimum absolute atomic E-state index is 0.0527. The number of nitrogens with zero attached hydrogens (tertiary/aromatic N) is 2. The third kappa shape index (κ3) is 4.76. The Hall–Kier alpha value is -4.12. The molecule has 0 saturated carbocycles. The van der Waals surface area contributed by atoms with E-state index in [2.05, 4.69) is 5.32 Å². The molecule has 1 unspecified atom stereocenters. The number of rotatable bonds is 6. The summed E-state index contributed by atoms with van der Waals surface area (Å²) < 4.78 is 7.03. The monoisotopic (exact) mass is 494 g/mol. The Morgan fingerprint density at radius 1 is 1.11 bits per heavy atom. The largest absolute Gasteiger partial charge is 0.454 e. The highest BCUT2D eigenvalue weighted by atomic mass is 32.2. The van der Waals surface area contributed by atoms with Crippen LogP contribution in [0.1, 0.15) is 33.2 Å². The van der Waals surface area contributed by atoms with Crippen molar-refractivity contribution in [1.82, 2.24) is 9.13 Å². The zero-order chi connectivity index (χ0) is 25.3. The van der Waals surface area contributed by atoms with Crippen molar-refractivity contribution in [3.8, 4) is 0 Å². The average molecular weight is 495 g/mol. The van der Waals surface area contributed by atoms with Gasteiger partial charge in [0.2, 0.25) is 11.7 Å². The summed E-state index contributed by atoms with van der Waals surface area (Å²) in [6, 6.07) is 13.6. The molecule has 1 atom stereocenters. The molecule has 35 heavy (non-hydrogen) atoms. The molecule has 1 aliphatic rings. The minimum atomic E-state index is -0.875. The molecule has 4 rings (SSSR count). The highest BCUT2D eigenvalue weighted by Crippen LogP contribution is 2.36. The number of carbonyl (C=O) groups excluding carboxylic acids is 3. The topological polar surface area (TPSA) is 142 Å². The normalized spacial score (nSPS) is 14.7. The molecule has 3 N–H and O–H groups in total. The Balaban J connectivity index is 1.55. The molecule has 3 aromatic rings. The molecule has 1 amide bonds. The number of hydrogen-bond acceptors (Lipinski definition) is 8. The summed E-state index contributed by atoms with van der Waals surface area (Å²) in [6.07, 6.45) is 0. The summed E-state index contributed by atoms with van der Waals surface area (Å²) in [4.78, 5) is 63.4. The van der Waals surface area contributed by atoms with Gasteiger partial charge in [0.25, 0.3) is 5.56 Å². The van der Waals surface area contributed by atoms with Gasteiger partial charge in [0.1, 0.15) is 11.4 Å². The number of Topliss-reactive ketones (excluding diaryl/α,β-unsaturated/α-hetero) is 1. The maximum Gasteiger partial charge on any atom is 0.338 e. The number of nitrogen functional groups attached to an aromatic ring is 1. The molecule has 0 bridgehead atoms. The van der Waals surface area contributed by atoms with Gasteiger partial charge in [-0.2, -0.15) is 0 Å². The van der Waals surface area contributed by atoms with Crippen molar-refractivity contribution in [2.24, 2.45) is 7.05 Å². The number of aromatic nitrogens is 2. The average Bonchev–Trinajstić information content (AvgIpc) is 2.85. The van der Waals surface area contributed by atoms with Crippen molar-refractivity contribution in [2.75, 3.05) is 17.7 Å². The predicted molar refractivity (Wildman–Crippen MR) is 131 cm³/mol. The van der Waals surface area contributed by atoms with Gasteiger partial charge in [-0.05, 0) is 30.7 Å². The van der Waals surface area contributed by atoms with Gasteiger partial charge in [0, 0.05) is 11.9 Å². The lowest BCUT2D eigenvalue weighted by molar-refractivity contribution is -0.115. The molecule has 0 aliphatic carbocycles. The number of nitrogens with two attached hydrogens (primary N) is 1. The van der Waals surface area contributed by atoms with E-state index in [4.69, 9.17) is 10.5 Å². The molecule has 10 nitrogen and oxygen atoms in total. The van der Waals surface area contributed by atoms with Crippen molar-refractivity contribution in [3.63, 3.8) is 0 Å². The Bertz CT molecular complexity index is 1460. The van der Waals surface area contributed by atoms with E-state index < -0.39 is 35.2 Å². The molecule has 1 aliphatic heterocycles. The fraction of sp³-hybridized carbons (Fsp3) is 0.208. The third-order valence-corrected chi connectivity index (χ3v) is 6.70. The van der Waals surface area contributed by atoms with E-state index >= 15 is 0 Å². The quantitative estimate of drug-likeness (QED) is 0.389. The number of amides is 1. The molecule has 0 saturated heterocycles. The highest BCUT2D eigenvalue weighted by molar-refractivity contribution is 8.00. The molecule has 0 spiro atoms. The first-order valence-corrected chi connectivity index (χ1v) is 11.5. The van der Waals surface area contributed by atoms with Crippen LogP contribution in [0.4, 0.5) is 11.5 Å². The number of anilines is 2. The van der Waals surface area contributed by atoms with Crippen LogP contribution in [0, 0.1) is 0 Å².